The zero-order valence-corrected chi connectivity index (χ0v) is 37.5. The van der Waals surface area contributed by atoms with E-state index in [-0.39, 0.29) is 44.6 Å². The van der Waals surface area contributed by atoms with Crippen LogP contribution in [0.3, 0.4) is 0 Å². The van der Waals surface area contributed by atoms with Crippen LogP contribution < -0.4 is 48.7 Å². The molecule has 67 heavy (non-hydrogen) atoms. The number of benzene rings is 2. The van der Waals surface area contributed by atoms with Crippen LogP contribution >= 0.6 is 0 Å². The number of primary amides is 2. The van der Waals surface area contributed by atoms with Crippen molar-refractivity contribution in [3.05, 3.63) is 71.9 Å². The molecule has 0 bridgehead atoms. The Morgan fingerprint density at radius 1 is 0.761 bits per heavy atom. The minimum atomic E-state index is -1.64. The van der Waals surface area contributed by atoms with Crippen molar-refractivity contribution in [2.75, 3.05) is 13.1 Å². The van der Waals surface area contributed by atoms with Gasteiger partial charge in [0.2, 0.25) is 59.1 Å². The Morgan fingerprint density at radius 2 is 1.43 bits per heavy atom. The molecule has 0 aliphatic carbocycles. The highest BCUT2D eigenvalue weighted by atomic mass is 16.3. The number of para-hydroxylation sites is 1. The number of hydrogen-bond donors (Lipinski definition) is 11. The summed E-state index contributed by atoms with van der Waals surface area (Å²) in [6, 6.07) is 6.79. The van der Waals surface area contributed by atoms with E-state index >= 15 is 0 Å². The van der Waals surface area contributed by atoms with E-state index in [2.05, 4.69) is 42.2 Å². The summed E-state index contributed by atoms with van der Waals surface area (Å²) in [5.74, 6) is -8.28. The van der Waals surface area contributed by atoms with Crippen LogP contribution in [0, 0.1) is 5.92 Å². The number of nitrogens with two attached hydrogens (primary N) is 2. The van der Waals surface area contributed by atoms with Gasteiger partial charge in [0.05, 0.1) is 19.1 Å². The van der Waals surface area contributed by atoms with E-state index in [0.717, 1.165) is 16.5 Å². The van der Waals surface area contributed by atoms with E-state index in [1.807, 2.05) is 24.3 Å². The molecule has 3 aromatic rings. The number of fused-ring (bicyclic) bond motifs is 1. The van der Waals surface area contributed by atoms with Gasteiger partial charge in [0.1, 0.15) is 42.3 Å². The highest BCUT2D eigenvalue weighted by Gasteiger charge is 2.41. The molecule has 2 saturated heterocycles. The SMILES string of the molecule is CC(C)[C@H](NC(=O)[C@@H]1CCC(=O)N1)C(=O)N[C@@H](CC(N)=O)C(=O)N[C@@H](Cc1ccccc1)C(=O)N[C@H](C(=O)N1CCC[C@H]1C(=O)NCC(=O)N[C@@H](Cc1c[nH]c2ccccc12)C(N)=O)[C@@H](C)O. The number of nitrogens with zero attached hydrogens (tertiary/aromatic N) is 1. The lowest BCUT2D eigenvalue weighted by Crippen LogP contribution is -2.62. The molecule has 0 radical (unpaired) electrons. The summed E-state index contributed by atoms with van der Waals surface area (Å²) in [4.78, 5) is 135. The molecule has 2 fully saturated rings. The number of likely N-dealkylation sites (tertiary alicyclic amines) is 1. The number of aromatic nitrogens is 1. The Kier molecular flexibility index (Phi) is 17.5. The lowest BCUT2D eigenvalue weighted by molar-refractivity contribution is -0.144. The van der Waals surface area contributed by atoms with Crippen molar-refractivity contribution >= 4 is 70.0 Å². The fourth-order valence-corrected chi connectivity index (χ4v) is 8.00. The summed E-state index contributed by atoms with van der Waals surface area (Å²) in [5.41, 5.74) is 13.2. The Bertz CT molecular complexity index is 2340. The number of aliphatic hydroxyl groups excluding tert-OH is 1. The zero-order chi connectivity index (χ0) is 48.9. The normalized spacial score (nSPS) is 18.3. The summed E-state index contributed by atoms with van der Waals surface area (Å²) < 4.78 is 0. The quantitative estimate of drug-likeness (QED) is 0.0488. The summed E-state index contributed by atoms with van der Waals surface area (Å²) in [6.45, 7) is 4.01. The first-order valence-corrected chi connectivity index (χ1v) is 22.1. The van der Waals surface area contributed by atoms with Crippen molar-refractivity contribution in [3.8, 4) is 0 Å². The summed E-state index contributed by atoms with van der Waals surface area (Å²) in [6.07, 6.45) is 0.304. The second-order valence-electron chi connectivity index (χ2n) is 17.1. The molecular weight excluding hydrogens is 871 g/mol. The van der Waals surface area contributed by atoms with E-state index in [1.165, 1.54) is 11.8 Å². The largest absolute Gasteiger partial charge is 0.391 e. The van der Waals surface area contributed by atoms with Crippen molar-refractivity contribution < 1.29 is 53.1 Å². The van der Waals surface area contributed by atoms with Gasteiger partial charge in [-0.3, -0.25) is 47.9 Å². The lowest BCUT2D eigenvalue weighted by atomic mass is 10.0. The van der Waals surface area contributed by atoms with Crippen LogP contribution in [0.25, 0.3) is 10.9 Å². The predicted molar refractivity (Wildman–Crippen MR) is 240 cm³/mol. The number of carbonyl (C=O) groups is 10. The first kappa shape index (κ1) is 50.6. The van der Waals surface area contributed by atoms with Gasteiger partial charge >= 0.3 is 0 Å². The Balaban J connectivity index is 1.24. The molecule has 1 aromatic heterocycles. The minimum absolute atomic E-state index is 0.0579. The molecular formula is C45H59N11O11. The fourth-order valence-electron chi connectivity index (χ4n) is 8.00. The van der Waals surface area contributed by atoms with Gasteiger partial charge in [-0.15, -0.1) is 0 Å². The molecule has 0 spiro atoms. The summed E-state index contributed by atoms with van der Waals surface area (Å²) >= 11 is 0. The third-order valence-corrected chi connectivity index (χ3v) is 11.6. The minimum Gasteiger partial charge on any atom is -0.391 e. The summed E-state index contributed by atoms with van der Waals surface area (Å²) in [5, 5.41) is 29.3. The first-order chi connectivity index (χ1) is 31.8. The maximum Gasteiger partial charge on any atom is 0.248 e. The number of rotatable bonds is 22. The molecule has 0 saturated carbocycles. The number of carbonyl (C=O) groups excluding carboxylic acids is 10. The fraction of sp³-hybridized carbons (Fsp3) is 0.467. The highest BCUT2D eigenvalue weighted by Crippen LogP contribution is 2.21. The van der Waals surface area contributed by atoms with Crippen LogP contribution in [0.4, 0.5) is 0 Å². The maximum absolute atomic E-state index is 14.1. The van der Waals surface area contributed by atoms with E-state index in [9.17, 15) is 53.1 Å². The molecule has 2 aromatic carbocycles. The molecule has 5 rings (SSSR count). The van der Waals surface area contributed by atoms with Crippen LogP contribution in [0.15, 0.2) is 60.8 Å². The van der Waals surface area contributed by atoms with Crippen LogP contribution in [-0.2, 0) is 60.8 Å². The van der Waals surface area contributed by atoms with E-state index in [0.29, 0.717) is 12.0 Å². The monoisotopic (exact) mass is 929 g/mol. The van der Waals surface area contributed by atoms with Crippen LogP contribution in [-0.4, -0.2) is 136 Å². The number of amides is 10. The lowest BCUT2D eigenvalue weighted by Gasteiger charge is -2.31. The van der Waals surface area contributed by atoms with Gasteiger partial charge in [0.15, 0.2) is 0 Å². The van der Waals surface area contributed by atoms with E-state index < -0.39 is 120 Å². The summed E-state index contributed by atoms with van der Waals surface area (Å²) in [7, 11) is 0. The number of nitrogens with one attached hydrogen (secondary N) is 8. The smallest absolute Gasteiger partial charge is 0.248 e. The standard InChI is InChI=1S/C45H59N11O11/c1-23(2)37(54-40(62)29-15-16-35(59)50-29)44(66)53-32(20-34(46)58)41(63)52-31(18-25-10-5-4-6-11-25)42(64)55-38(24(3)57)45(67)56-17-9-14-33(56)43(65)49-22-36(60)51-30(39(47)61)19-26-21-48-28-13-8-7-12-27(26)28/h4-8,10-13,21,23-24,29-33,37-38,48,57H,9,14-20,22H2,1-3H3,(H2,46,58)(H2,47,61)(H,49,65)(H,50,59)(H,51,60)(H,52,63)(H,53,66)(H,54,62)(H,55,64)/t24-,29+,30+,31+,32+,33+,37+,38+/m1/s1. The van der Waals surface area contributed by atoms with Gasteiger partial charge in [-0.1, -0.05) is 62.4 Å². The molecule has 360 valence electrons. The molecule has 2 aliphatic rings. The Labute approximate surface area is 385 Å². The molecule has 3 heterocycles. The number of aromatic amines is 1. The number of aliphatic hydroxyl groups is 1. The van der Waals surface area contributed by atoms with Crippen molar-refractivity contribution in [2.45, 2.75) is 114 Å². The van der Waals surface area contributed by atoms with Crippen molar-refractivity contribution in [2.24, 2.45) is 17.4 Å². The van der Waals surface area contributed by atoms with Gasteiger partial charge in [-0.2, -0.15) is 0 Å². The molecule has 2 aliphatic heterocycles. The zero-order valence-electron chi connectivity index (χ0n) is 37.5. The molecule has 22 nitrogen and oxygen atoms in total. The molecule has 8 atom stereocenters. The van der Waals surface area contributed by atoms with E-state index in [4.69, 9.17) is 11.5 Å². The van der Waals surface area contributed by atoms with Gasteiger partial charge in [-0.25, -0.2) is 0 Å². The van der Waals surface area contributed by atoms with Gasteiger partial charge in [0, 0.05) is 42.9 Å². The highest BCUT2D eigenvalue weighted by molar-refractivity contribution is 5.99. The second kappa shape index (κ2) is 23.2. The average Bonchev–Trinajstić information content (AvgIpc) is 4.06. The first-order valence-electron chi connectivity index (χ1n) is 22.1. The van der Waals surface area contributed by atoms with Crippen LogP contribution in [0.2, 0.25) is 0 Å². The number of H-pyrrole nitrogens is 1. The third-order valence-electron chi connectivity index (χ3n) is 11.6. The van der Waals surface area contributed by atoms with Crippen LogP contribution in [0.1, 0.15) is 64.0 Å². The van der Waals surface area contributed by atoms with E-state index in [1.54, 1.807) is 50.4 Å². The predicted octanol–water partition coefficient (Wildman–Crippen LogP) is -2.84. The average molecular weight is 930 g/mol. The molecule has 10 amide bonds. The van der Waals surface area contributed by atoms with Crippen molar-refractivity contribution in [3.63, 3.8) is 0 Å². The van der Waals surface area contributed by atoms with Crippen molar-refractivity contribution in [1.82, 2.24) is 47.1 Å². The second-order valence-corrected chi connectivity index (χ2v) is 17.1. The molecule has 22 heteroatoms. The van der Waals surface area contributed by atoms with Gasteiger partial charge < -0.3 is 63.7 Å². The Morgan fingerprint density at radius 3 is 2.07 bits per heavy atom. The van der Waals surface area contributed by atoms with Gasteiger partial charge in [0.25, 0.3) is 0 Å². The van der Waals surface area contributed by atoms with Crippen LogP contribution in [0.5, 0.6) is 0 Å². The Hall–Kier alpha value is -7.36. The molecule has 13 N–H and O–H groups in total. The third kappa shape index (κ3) is 13.8. The topological polar surface area (TPSA) is 346 Å². The molecule has 0 unspecified atom stereocenters. The van der Waals surface area contributed by atoms with Gasteiger partial charge in [-0.05, 0) is 49.3 Å². The number of hydrogen-bond acceptors (Lipinski definition) is 11. The maximum atomic E-state index is 14.1. The van der Waals surface area contributed by atoms with Crippen molar-refractivity contribution in [1.29, 1.82) is 0 Å².